The molecule has 0 spiro atoms. The number of hydrogen-bond acceptors (Lipinski definition) is 2. The molecule has 0 aliphatic heterocycles. The second-order valence-electron chi connectivity index (χ2n) is 5.98. The third kappa shape index (κ3) is 3.73. The number of furan rings is 1. The Balaban J connectivity index is 2.18. The molecular formula is C17H21NO2. The summed E-state index contributed by atoms with van der Waals surface area (Å²) < 4.78 is 5.37. The van der Waals surface area contributed by atoms with E-state index >= 15 is 0 Å². The average molecular weight is 271 g/mol. The predicted molar refractivity (Wildman–Crippen MR) is 78.9 cm³/mol. The summed E-state index contributed by atoms with van der Waals surface area (Å²) in [6.07, 6.45) is 1.64. The van der Waals surface area contributed by atoms with E-state index in [-0.39, 0.29) is 5.91 Å². The van der Waals surface area contributed by atoms with Crippen LogP contribution in [0.25, 0.3) is 0 Å². The van der Waals surface area contributed by atoms with E-state index in [4.69, 9.17) is 4.42 Å². The Hall–Kier alpha value is -2.03. The van der Waals surface area contributed by atoms with Gasteiger partial charge in [-0.15, -0.1) is 0 Å². The molecule has 1 heterocycles. The number of hydrogen-bond donors (Lipinski definition) is 0. The van der Waals surface area contributed by atoms with Crippen molar-refractivity contribution in [1.82, 2.24) is 4.90 Å². The molecule has 0 fully saturated rings. The van der Waals surface area contributed by atoms with Crippen LogP contribution >= 0.6 is 0 Å². The molecule has 2 rings (SSSR count). The lowest BCUT2D eigenvalue weighted by molar-refractivity contribution is -0.141. The summed E-state index contributed by atoms with van der Waals surface area (Å²) in [7, 11) is 0. The fourth-order valence-corrected chi connectivity index (χ4v) is 2.07. The minimum absolute atomic E-state index is 0.123. The third-order valence-electron chi connectivity index (χ3n) is 3.07. The zero-order valence-corrected chi connectivity index (χ0v) is 12.3. The molecular weight excluding hydrogens is 250 g/mol. The van der Waals surface area contributed by atoms with Gasteiger partial charge in [-0.05, 0) is 17.7 Å². The number of benzene rings is 1. The summed E-state index contributed by atoms with van der Waals surface area (Å²) in [5.41, 5.74) is 0.720. The van der Waals surface area contributed by atoms with E-state index in [2.05, 4.69) is 0 Å². The zero-order valence-electron chi connectivity index (χ0n) is 12.3. The van der Waals surface area contributed by atoms with Gasteiger partial charge in [-0.25, -0.2) is 0 Å². The van der Waals surface area contributed by atoms with Gasteiger partial charge < -0.3 is 9.32 Å². The Morgan fingerprint density at radius 3 is 2.30 bits per heavy atom. The van der Waals surface area contributed by atoms with Crippen LogP contribution < -0.4 is 0 Å². The Labute approximate surface area is 120 Å². The van der Waals surface area contributed by atoms with E-state index in [0.29, 0.717) is 13.1 Å². The number of amides is 1. The largest absolute Gasteiger partial charge is 0.467 e. The Kier molecular flexibility index (Phi) is 4.28. The highest BCUT2D eigenvalue weighted by Gasteiger charge is 2.27. The predicted octanol–water partition coefficient (Wildman–Crippen LogP) is 3.85. The molecule has 0 aliphatic rings. The average Bonchev–Trinajstić information content (AvgIpc) is 2.90. The van der Waals surface area contributed by atoms with Gasteiger partial charge in [-0.3, -0.25) is 4.79 Å². The first-order valence-electron chi connectivity index (χ1n) is 6.82. The summed E-state index contributed by atoms with van der Waals surface area (Å²) in [4.78, 5) is 14.4. The number of carbonyl (C=O) groups is 1. The van der Waals surface area contributed by atoms with Crippen molar-refractivity contribution in [2.75, 3.05) is 0 Å². The minimum Gasteiger partial charge on any atom is -0.467 e. The van der Waals surface area contributed by atoms with Gasteiger partial charge in [-0.2, -0.15) is 0 Å². The van der Waals surface area contributed by atoms with Crippen molar-refractivity contribution in [3.63, 3.8) is 0 Å². The second kappa shape index (κ2) is 5.95. The summed E-state index contributed by atoms with van der Waals surface area (Å²) in [5.74, 6) is 0.927. The van der Waals surface area contributed by atoms with E-state index in [1.165, 1.54) is 0 Å². The number of rotatable bonds is 4. The van der Waals surface area contributed by atoms with Crippen molar-refractivity contribution in [2.24, 2.45) is 5.41 Å². The van der Waals surface area contributed by atoms with Crippen LogP contribution in [0.1, 0.15) is 32.1 Å². The Bertz CT molecular complexity index is 538. The maximum absolute atomic E-state index is 12.6. The number of carbonyl (C=O) groups excluding carboxylic acids is 1. The second-order valence-corrected chi connectivity index (χ2v) is 5.98. The van der Waals surface area contributed by atoms with E-state index < -0.39 is 5.41 Å². The molecule has 0 N–H and O–H groups in total. The molecule has 0 atom stereocenters. The van der Waals surface area contributed by atoms with Gasteiger partial charge in [0.15, 0.2) is 0 Å². The highest BCUT2D eigenvalue weighted by Crippen LogP contribution is 2.21. The molecule has 0 saturated carbocycles. The molecule has 0 bridgehead atoms. The summed E-state index contributed by atoms with van der Waals surface area (Å²) in [6, 6.07) is 13.8. The standard InChI is InChI=1S/C17H21NO2/c1-17(2,3)16(19)18(13-15-10-7-11-20-15)12-14-8-5-4-6-9-14/h4-11H,12-13H2,1-3H3. The lowest BCUT2D eigenvalue weighted by atomic mass is 9.94. The van der Waals surface area contributed by atoms with Crippen molar-refractivity contribution in [3.05, 3.63) is 60.1 Å². The van der Waals surface area contributed by atoms with Gasteiger partial charge in [0, 0.05) is 12.0 Å². The van der Waals surface area contributed by atoms with Crippen molar-refractivity contribution in [2.45, 2.75) is 33.9 Å². The summed E-state index contributed by atoms with van der Waals surface area (Å²) in [5, 5.41) is 0. The summed E-state index contributed by atoms with van der Waals surface area (Å²) in [6.45, 7) is 6.91. The van der Waals surface area contributed by atoms with Crippen LogP contribution in [0.5, 0.6) is 0 Å². The molecule has 20 heavy (non-hydrogen) atoms. The van der Waals surface area contributed by atoms with Crippen LogP contribution in [-0.4, -0.2) is 10.8 Å². The van der Waals surface area contributed by atoms with E-state index in [1.807, 2.05) is 68.1 Å². The quantitative estimate of drug-likeness (QED) is 0.846. The molecule has 0 aliphatic carbocycles. The van der Waals surface area contributed by atoms with Crippen molar-refractivity contribution in [3.8, 4) is 0 Å². The summed E-state index contributed by atoms with van der Waals surface area (Å²) >= 11 is 0. The maximum atomic E-state index is 12.6. The molecule has 106 valence electrons. The molecule has 2 aromatic rings. The molecule has 1 aromatic carbocycles. The fourth-order valence-electron chi connectivity index (χ4n) is 2.07. The van der Waals surface area contributed by atoms with Gasteiger partial charge in [0.05, 0.1) is 12.8 Å². The first kappa shape index (κ1) is 14.4. The van der Waals surface area contributed by atoms with Gasteiger partial charge in [-0.1, -0.05) is 51.1 Å². The van der Waals surface area contributed by atoms with Crippen molar-refractivity contribution < 1.29 is 9.21 Å². The smallest absolute Gasteiger partial charge is 0.228 e. The van der Waals surface area contributed by atoms with Crippen LogP contribution in [0.15, 0.2) is 53.1 Å². The SMILES string of the molecule is CC(C)(C)C(=O)N(Cc1ccccc1)Cc1ccco1. The van der Waals surface area contributed by atoms with Crippen LogP contribution in [0, 0.1) is 5.41 Å². The lowest BCUT2D eigenvalue weighted by Crippen LogP contribution is -2.38. The normalized spacial score (nSPS) is 11.3. The van der Waals surface area contributed by atoms with Crippen molar-refractivity contribution in [1.29, 1.82) is 0 Å². The topological polar surface area (TPSA) is 33.5 Å². The van der Waals surface area contributed by atoms with Gasteiger partial charge in [0.1, 0.15) is 5.76 Å². The molecule has 0 unspecified atom stereocenters. The van der Waals surface area contributed by atoms with E-state index in [0.717, 1.165) is 11.3 Å². The molecule has 1 amide bonds. The van der Waals surface area contributed by atoms with Gasteiger partial charge >= 0.3 is 0 Å². The van der Waals surface area contributed by atoms with Crippen LogP contribution in [0.2, 0.25) is 0 Å². The Morgan fingerprint density at radius 1 is 1.05 bits per heavy atom. The minimum atomic E-state index is -0.401. The van der Waals surface area contributed by atoms with Gasteiger partial charge in [0.2, 0.25) is 5.91 Å². The lowest BCUT2D eigenvalue weighted by Gasteiger charge is -2.29. The highest BCUT2D eigenvalue weighted by molar-refractivity contribution is 5.81. The van der Waals surface area contributed by atoms with Crippen LogP contribution in [-0.2, 0) is 17.9 Å². The first-order chi connectivity index (χ1) is 9.47. The van der Waals surface area contributed by atoms with Gasteiger partial charge in [0.25, 0.3) is 0 Å². The molecule has 3 nitrogen and oxygen atoms in total. The number of nitrogens with zero attached hydrogens (tertiary/aromatic N) is 1. The van der Waals surface area contributed by atoms with E-state index in [9.17, 15) is 4.79 Å². The fraction of sp³-hybridized carbons (Fsp3) is 0.353. The van der Waals surface area contributed by atoms with Crippen molar-refractivity contribution >= 4 is 5.91 Å². The zero-order chi connectivity index (χ0) is 14.6. The molecule has 3 heteroatoms. The monoisotopic (exact) mass is 271 g/mol. The maximum Gasteiger partial charge on any atom is 0.228 e. The molecule has 1 aromatic heterocycles. The van der Waals surface area contributed by atoms with E-state index in [1.54, 1.807) is 6.26 Å². The highest BCUT2D eigenvalue weighted by atomic mass is 16.3. The Morgan fingerprint density at radius 2 is 1.75 bits per heavy atom. The van der Waals surface area contributed by atoms with Crippen LogP contribution in [0.3, 0.4) is 0 Å². The third-order valence-corrected chi connectivity index (χ3v) is 3.07. The first-order valence-corrected chi connectivity index (χ1v) is 6.82. The van der Waals surface area contributed by atoms with Crippen LogP contribution in [0.4, 0.5) is 0 Å². The molecule has 0 saturated heterocycles. The molecule has 0 radical (unpaired) electrons.